The van der Waals surface area contributed by atoms with E-state index in [1.54, 1.807) is 12.1 Å². The van der Waals surface area contributed by atoms with Crippen molar-refractivity contribution < 1.29 is 19.4 Å². The van der Waals surface area contributed by atoms with Crippen molar-refractivity contribution in [1.29, 1.82) is 0 Å². The lowest BCUT2D eigenvalue weighted by Gasteiger charge is -2.71. The van der Waals surface area contributed by atoms with E-state index in [4.69, 9.17) is 11.6 Å². The molecule has 8 unspecified atom stereocenters. The topological polar surface area (TPSA) is 60.8 Å². The van der Waals surface area contributed by atoms with Gasteiger partial charge < -0.3 is 10.2 Å². The van der Waals surface area contributed by atoms with Crippen LogP contribution in [0.2, 0.25) is 5.02 Å². The quantitative estimate of drug-likeness (QED) is 0.342. The lowest BCUT2D eigenvalue weighted by Crippen LogP contribution is -2.67. The van der Waals surface area contributed by atoms with Crippen molar-refractivity contribution in [2.45, 2.75) is 89.9 Å². The summed E-state index contributed by atoms with van der Waals surface area (Å²) in [7, 11) is 0. The lowest BCUT2D eigenvalue weighted by atomic mass is 9.32. The van der Waals surface area contributed by atoms with Gasteiger partial charge in [0.2, 0.25) is 0 Å². The SMILES string of the molecule is CC12CCC(O)CC13C=CC1(C(C(=O)Cc4c(F)cccc4Cl)=C3)C2CCC2(C)C1CCC2(O)CN1CCc2ccccc2C1. The molecule has 2 aromatic carbocycles. The van der Waals surface area contributed by atoms with Crippen LogP contribution < -0.4 is 0 Å². The molecular weight excluding hydrogens is 585 g/mol. The van der Waals surface area contributed by atoms with Crippen molar-refractivity contribution in [3.8, 4) is 0 Å². The van der Waals surface area contributed by atoms with E-state index in [9.17, 15) is 15.0 Å². The minimum atomic E-state index is -0.879. The van der Waals surface area contributed by atoms with Gasteiger partial charge in [0.25, 0.3) is 0 Å². The molecule has 0 radical (unpaired) electrons. The van der Waals surface area contributed by atoms with E-state index in [0.29, 0.717) is 19.4 Å². The summed E-state index contributed by atoms with van der Waals surface area (Å²) in [6, 6.07) is 13.2. The average Bonchev–Trinajstić information content (AvgIpc) is 3.28. The summed E-state index contributed by atoms with van der Waals surface area (Å²) in [5, 5.41) is 24.0. The van der Waals surface area contributed by atoms with Crippen LogP contribution in [-0.2, 0) is 24.2 Å². The van der Waals surface area contributed by atoms with Gasteiger partial charge >= 0.3 is 0 Å². The van der Waals surface area contributed by atoms with Crippen LogP contribution in [0.25, 0.3) is 0 Å². The molecule has 0 amide bonds. The summed E-state index contributed by atoms with van der Waals surface area (Å²) in [6.45, 7) is 7.10. The van der Waals surface area contributed by atoms with E-state index < -0.39 is 28.4 Å². The molecule has 1 aliphatic heterocycles. The Hall–Kier alpha value is -2.31. The number of rotatable bonds is 5. The number of fused-ring (bicyclic) bond motifs is 2. The number of hydrogen-bond donors (Lipinski definition) is 2. The molecule has 6 aliphatic carbocycles. The fourth-order valence-electron chi connectivity index (χ4n) is 11.7. The molecule has 0 aromatic heterocycles. The van der Waals surface area contributed by atoms with E-state index in [2.05, 4.69) is 61.2 Å². The van der Waals surface area contributed by atoms with Gasteiger partial charge in [-0.25, -0.2) is 4.39 Å². The largest absolute Gasteiger partial charge is 0.393 e. The Balaban J connectivity index is 1.20. The Morgan fingerprint density at radius 3 is 2.51 bits per heavy atom. The summed E-state index contributed by atoms with van der Waals surface area (Å²) in [4.78, 5) is 17.0. The van der Waals surface area contributed by atoms with Crippen LogP contribution >= 0.6 is 11.6 Å². The molecule has 2 N–H and O–H groups in total. The molecule has 9 rings (SSSR count). The van der Waals surface area contributed by atoms with E-state index in [1.165, 1.54) is 17.2 Å². The van der Waals surface area contributed by atoms with Crippen molar-refractivity contribution in [3.05, 3.63) is 93.8 Å². The lowest BCUT2D eigenvalue weighted by molar-refractivity contribution is -0.179. The van der Waals surface area contributed by atoms with Gasteiger partial charge in [-0.3, -0.25) is 9.69 Å². The molecule has 2 bridgehead atoms. The highest BCUT2D eigenvalue weighted by molar-refractivity contribution is 6.31. The second-order valence-electron chi connectivity index (χ2n) is 15.8. The summed E-state index contributed by atoms with van der Waals surface area (Å²) in [6.07, 6.45) is 13.0. The number of halogens is 2. The molecule has 6 heteroatoms. The van der Waals surface area contributed by atoms with Crippen LogP contribution in [0, 0.1) is 39.3 Å². The molecule has 7 aliphatic rings. The number of aliphatic hydroxyl groups excluding tert-OH is 1. The fourth-order valence-corrected chi connectivity index (χ4v) is 11.9. The third-order valence-corrected chi connectivity index (χ3v) is 14.5. The smallest absolute Gasteiger partial charge is 0.164 e. The normalized spacial score (nSPS) is 41.6. The molecule has 238 valence electrons. The Morgan fingerprint density at radius 2 is 1.71 bits per heavy atom. The van der Waals surface area contributed by atoms with Crippen LogP contribution in [0.5, 0.6) is 0 Å². The summed E-state index contributed by atoms with van der Waals surface area (Å²) >= 11 is 6.45. The number of nitrogens with zero attached hydrogens (tertiary/aromatic N) is 1. The molecule has 1 heterocycles. The molecule has 4 nitrogen and oxygen atoms in total. The zero-order valence-electron chi connectivity index (χ0n) is 26.5. The van der Waals surface area contributed by atoms with E-state index in [0.717, 1.165) is 57.2 Å². The molecule has 45 heavy (non-hydrogen) atoms. The van der Waals surface area contributed by atoms with Crippen LogP contribution in [0.15, 0.2) is 66.3 Å². The highest BCUT2D eigenvalue weighted by Crippen LogP contribution is 2.78. The van der Waals surface area contributed by atoms with Crippen LogP contribution in [0.3, 0.4) is 0 Å². The highest BCUT2D eigenvalue weighted by atomic mass is 35.5. The number of β-amino-alcohol motifs (C(OH)–C–C–N with tert-alkyl or cyclic N) is 1. The zero-order chi connectivity index (χ0) is 31.4. The fraction of sp³-hybridized carbons (Fsp3) is 0.564. The molecule has 3 saturated carbocycles. The third-order valence-electron chi connectivity index (χ3n) is 14.1. The number of hydrogen-bond acceptors (Lipinski definition) is 4. The predicted octanol–water partition coefficient (Wildman–Crippen LogP) is 7.24. The molecular formula is C39H45ClFNO3. The van der Waals surface area contributed by atoms with Crippen molar-refractivity contribution in [2.75, 3.05) is 13.1 Å². The Morgan fingerprint density at radius 1 is 0.978 bits per heavy atom. The third kappa shape index (κ3) is 4.03. The minimum Gasteiger partial charge on any atom is -0.393 e. The second-order valence-corrected chi connectivity index (χ2v) is 16.2. The number of carbonyl (C=O) groups is 1. The van der Waals surface area contributed by atoms with Crippen molar-refractivity contribution in [1.82, 2.24) is 4.90 Å². The number of benzene rings is 2. The molecule has 2 spiro atoms. The number of carbonyl (C=O) groups excluding carboxylic acids is 1. The summed E-state index contributed by atoms with van der Waals surface area (Å²) in [5.74, 6) is -0.240. The first-order valence-corrected chi connectivity index (χ1v) is 17.4. The molecule has 2 aromatic rings. The molecule has 3 fully saturated rings. The monoisotopic (exact) mass is 629 g/mol. The number of allylic oxidation sites excluding steroid dienone is 4. The van der Waals surface area contributed by atoms with E-state index in [-0.39, 0.29) is 45.5 Å². The summed E-state index contributed by atoms with van der Waals surface area (Å²) < 4.78 is 15.0. The Kier molecular flexibility index (Phi) is 6.74. The van der Waals surface area contributed by atoms with Gasteiger partial charge in [-0.15, -0.1) is 0 Å². The first kappa shape index (κ1) is 30.1. The average molecular weight is 630 g/mol. The summed E-state index contributed by atoms with van der Waals surface area (Å²) in [5.41, 5.74) is 1.46. The number of aliphatic hydroxyl groups is 2. The van der Waals surface area contributed by atoms with E-state index >= 15 is 4.39 Å². The van der Waals surface area contributed by atoms with Crippen molar-refractivity contribution in [3.63, 3.8) is 0 Å². The molecule has 0 saturated heterocycles. The van der Waals surface area contributed by atoms with Gasteiger partial charge in [0.05, 0.1) is 11.7 Å². The maximum Gasteiger partial charge on any atom is 0.164 e. The van der Waals surface area contributed by atoms with Gasteiger partial charge in [-0.05, 0) is 91.9 Å². The van der Waals surface area contributed by atoms with Gasteiger partial charge in [0.15, 0.2) is 5.78 Å². The number of ketones is 1. The standard InChI is InChI=1S/C39H45ClFNO3/c1-35-14-10-27(43)21-37(35)17-18-39(29(22-37)32(44)20-28-30(40)8-5-9-31(28)41)33(35)11-15-36(2)34(39)12-16-38(36,45)24-42-19-13-25-6-3-4-7-26(25)23-42/h3-9,17-18,22,27,33-34,43,45H,10-16,19-21,23-24H2,1-2H3. The first-order valence-electron chi connectivity index (χ1n) is 17.0. The van der Waals surface area contributed by atoms with Gasteiger partial charge in [0.1, 0.15) is 5.82 Å². The van der Waals surface area contributed by atoms with Crippen molar-refractivity contribution in [2.24, 2.45) is 33.5 Å². The maximum absolute atomic E-state index is 15.0. The van der Waals surface area contributed by atoms with Crippen LogP contribution in [-0.4, -0.2) is 45.7 Å². The Bertz CT molecular complexity index is 1620. The van der Waals surface area contributed by atoms with E-state index in [1.807, 2.05) is 0 Å². The van der Waals surface area contributed by atoms with Gasteiger partial charge in [-0.1, -0.05) is 74.0 Å². The number of Topliss-reactive ketones (excluding diaryl/α,β-unsaturated/α-hetero) is 1. The second kappa shape index (κ2) is 10.1. The first-order chi connectivity index (χ1) is 21.4. The van der Waals surface area contributed by atoms with Crippen LogP contribution in [0.4, 0.5) is 4.39 Å². The maximum atomic E-state index is 15.0. The van der Waals surface area contributed by atoms with Gasteiger partial charge in [-0.2, -0.15) is 0 Å². The van der Waals surface area contributed by atoms with Crippen LogP contribution in [0.1, 0.15) is 75.5 Å². The van der Waals surface area contributed by atoms with Gasteiger partial charge in [0, 0.05) is 58.5 Å². The molecule has 8 atom stereocenters. The highest BCUT2D eigenvalue weighted by Gasteiger charge is 2.74. The minimum absolute atomic E-state index is 0.0786. The Labute approximate surface area is 271 Å². The predicted molar refractivity (Wildman–Crippen MR) is 174 cm³/mol. The van der Waals surface area contributed by atoms with Crippen molar-refractivity contribution >= 4 is 17.4 Å². The zero-order valence-corrected chi connectivity index (χ0v) is 27.3.